The fourth-order valence-electron chi connectivity index (χ4n) is 10.5. The zero-order chi connectivity index (χ0) is 70.9. The number of hydrogen-bond acceptors (Lipinski definition) is 14. The van der Waals surface area contributed by atoms with Gasteiger partial charge >= 0.3 is 33.6 Å². The Morgan fingerprint density at radius 2 is 0.546 bits per heavy atom. The summed E-state index contributed by atoms with van der Waals surface area (Å²) in [4.78, 5) is 58.6. The van der Waals surface area contributed by atoms with Crippen molar-refractivity contribution in [2.75, 3.05) is 39.6 Å². The molecule has 0 rings (SSSR count). The number of phosphoric acid groups is 2. The highest BCUT2D eigenvalue weighted by atomic mass is 31.2. The normalized spacial score (nSPS) is 14.6. The van der Waals surface area contributed by atoms with Gasteiger partial charge in [-0.15, -0.1) is 0 Å². The predicted molar refractivity (Wildman–Crippen MR) is 399 cm³/mol. The largest absolute Gasteiger partial charge is 0.472 e. The Morgan fingerprint density at radius 3 is 0.866 bits per heavy atom. The summed E-state index contributed by atoms with van der Waals surface area (Å²) in [6.07, 6.45) is 81.7. The van der Waals surface area contributed by atoms with Gasteiger partial charge in [-0.25, -0.2) is 9.13 Å². The summed E-state index contributed by atoms with van der Waals surface area (Å²) in [6.45, 7) is 2.48. The van der Waals surface area contributed by atoms with E-state index in [9.17, 15) is 43.5 Å². The lowest BCUT2D eigenvalue weighted by atomic mass is 10.0. The number of ether oxygens (including phenoxy) is 3. The first-order valence-corrected chi connectivity index (χ1v) is 41.5. The number of aliphatic hydroxyl groups is 2. The van der Waals surface area contributed by atoms with Crippen LogP contribution >= 0.6 is 15.6 Å². The van der Waals surface area contributed by atoms with Gasteiger partial charge in [-0.2, -0.15) is 0 Å². The van der Waals surface area contributed by atoms with E-state index in [-0.39, 0.29) is 19.3 Å². The van der Waals surface area contributed by atoms with Crippen molar-refractivity contribution in [2.24, 2.45) is 0 Å². The molecule has 0 bridgehead atoms. The van der Waals surface area contributed by atoms with Gasteiger partial charge in [0.2, 0.25) is 0 Å². The van der Waals surface area contributed by atoms with Crippen molar-refractivity contribution in [3.05, 3.63) is 97.2 Å². The first-order chi connectivity index (χ1) is 47.2. The number of allylic oxidation sites excluding steroid dienone is 16. The minimum absolute atomic E-state index is 0.107. The van der Waals surface area contributed by atoms with Gasteiger partial charge in [0.05, 0.1) is 26.4 Å². The summed E-state index contributed by atoms with van der Waals surface area (Å²) in [7, 11) is -9.78. The maximum atomic E-state index is 12.9. The molecule has 0 fully saturated rings. The van der Waals surface area contributed by atoms with Crippen LogP contribution in [0.5, 0.6) is 0 Å². The fraction of sp³-hybridized carbons (Fsp3) is 0.759. The van der Waals surface area contributed by atoms with E-state index in [0.29, 0.717) is 19.3 Å². The number of esters is 3. The first-order valence-electron chi connectivity index (χ1n) is 38.5. The molecule has 0 aliphatic heterocycles. The van der Waals surface area contributed by atoms with Crippen molar-refractivity contribution >= 4 is 33.6 Å². The number of rotatable bonds is 73. The molecule has 0 aromatic heterocycles. The lowest BCUT2D eigenvalue weighted by Crippen LogP contribution is -2.30. The molecule has 0 saturated carbocycles. The Morgan fingerprint density at radius 1 is 0.299 bits per heavy atom. The van der Waals surface area contributed by atoms with E-state index in [1.165, 1.54) is 122 Å². The van der Waals surface area contributed by atoms with Gasteiger partial charge in [-0.3, -0.25) is 32.5 Å². The Hall–Kier alpha value is -3.53. The van der Waals surface area contributed by atoms with E-state index < -0.39 is 91.5 Å². The second-order valence-electron chi connectivity index (χ2n) is 25.8. The van der Waals surface area contributed by atoms with Crippen LogP contribution in [0.4, 0.5) is 0 Å². The zero-order valence-electron chi connectivity index (χ0n) is 61.2. The van der Waals surface area contributed by atoms with Crippen LogP contribution in [0.1, 0.15) is 329 Å². The average Bonchev–Trinajstić information content (AvgIpc) is 1.48. The lowest BCUT2D eigenvalue weighted by molar-refractivity contribution is -0.161. The fourth-order valence-corrected chi connectivity index (χ4v) is 12.1. The van der Waals surface area contributed by atoms with E-state index in [4.69, 9.17) is 32.3 Å². The van der Waals surface area contributed by atoms with Crippen molar-refractivity contribution < 1.29 is 75.8 Å². The van der Waals surface area contributed by atoms with Crippen molar-refractivity contribution in [3.63, 3.8) is 0 Å². The van der Waals surface area contributed by atoms with Crippen LogP contribution in [-0.4, -0.2) is 95.9 Å². The Balaban J connectivity index is 4.48. The molecule has 0 saturated heterocycles. The van der Waals surface area contributed by atoms with E-state index in [0.717, 1.165) is 148 Å². The third-order valence-corrected chi connectivity index (χ3v) is 18.2. The second-order valence-corrected chi connectivity index (χ2v) is 28.7. The standard InChI is InChI=1S/C79H140O16P2/c1-4-7-10-13-16-19-22-25-28-30-31-32-33-34-35-36-37-38-39-40-41-43-46-47-50-53-56-59-62-65-77(82)89-68-74(80)69-91-96(85,86)92-70-75(81)71-93-97(87,88)94-73-76(95-79(84)67-64-61-58-55-52-49-44-27-24-21-18-15-12-9-6-3)72-90-78(83)66-63-60-57-54-51-48-45-42-29-26-23-20-17-14-11-8-5-2/h7-8,10-11,16-17,19-20,25-26,28-29,31-32,34-35,74-76,80-81H,4-6,9,12-15,18,21-24,27,30,33,36-73H2,1-3H3,(H,85,86)(H,87,88)/b10-7-,11-8-,19-16-,20-17-,28-25-,29-26-,32-31-,35-34-. The summed E-state index contributed by atoms with van der Waals surface area (Å²) >= 11 is 0. The molecule has 5 unspecified atom stereocenters. The van der Waals surface area contributed by atoms with Crippen LogP contribution in [0.25, 0.3) is 0 Å². The van der Waals surface area contributed by atoms with Crippen molar-refractivity contribution in [1.29, 1.82) is 0 Å². The van der Waals surface area contributed by atoms with Crippen LogP contribution in [-0.2, 0) is 55.8 Å². The van der Waals surface area contributed by atoms with Gasteiger partial charge < -0.3 is 34.2 Å². The minimum Gasteiger partial charge on any atom is -0.463 e. The van der Waals surface area contributed by atoms with Crippen LogP contribution < -0.4 is 0 Å². The predicted octanol–water partition coefficient (Wildman–Crippen LogP) is 22.2. The average molecular weight is 1410 g/mol. The summed E-state index contributed by atoms with van der Waals surface area (Å²) in [5.74, 6) is -1.57. The molecule has 0 aliphatic carbocycles. The highest BCUT2D eigenvalue weighted by Crippen LogP contribution is 2.45. The molecule has 0 amide bonds. The Labute approximate surface area is 590 Å². The molecule has 16 nitrogen and oxygen atoms in total. The molecular weight excluding hydrogens is 1270 g/mol. The second kappa shape index (κ2) is 72.3. The molecule has 0 heterocycles. The minimum atomic E-state index is -4.93. The van der Waals surface area contributed by atoms with Crippen LogP contribution in [0.2, 0.25) is 0 Å². The van der Waals surface area contributed by atoms with E-state index in [2.05, 4.69) is 118 Å². The van der Waals surface area contributed by atoms with Crippen molar-refractivity contribution in [3.8, 4) is 0 Å². The SMILES string of the molecule is CC/C=C\C/C=C\C/C=C\C/C=C\C/C=C\CCCCCCCCCCCCCCCC(=O)OCC(O)COP(=O)(O)OCC(O)COP(=O)(O)OCC(COC(=O)CCCCCCCCC/C=C\C/C=C\C/C=C\CC)OC(=O)CCCCCCCCCCCCCCCCC. The van der Waals surface area contributed by atoms with Gasteiger partial charge in [0, 0.05) is 19.3 Å². The molecule has 0 spiro atoms. The van der Waals surface area contributed by atoms with Gasteiger partial charge in [0.1, 0.15) is 25.4 Å². The number of hydrogen-bond donors (Lipinski definition) is 4. The third-order valence-electron chi connectivity index (χ3n) is 16.3. The topological polar surface area (TPSA) is 231 Å². The molecule has 97 heavy (non-hydrogen) atoms. The van der Waals surface area contributed by atoms with Crippen LogP contribution in [0.3, 0.4) is 0 Å². The number of carbonyl (C=O) groups excluding carboxylic acids is 3. The summed E-state index contributed by atoms with van der Waals surface area (Å²) in [5, 5.41) is 20.6. The quantitative estimate of drug-likeness (QED) is 0.0146. The molecule has 0 aromatic carbocycles. The zero-order valence-corrected chi connectivity index (χ0v) is 63.0. The molecule has 0 radical (unpaired) electrons. The number of phosphoric ester groups is 2. The Bertz CT molecular complexity index is 2150. The van der Waals surface area contributed by atoms with E-state index in [1.54, 1.807) is 0 Å². The molecule has 18 heteroatoms. The number of unbranched alkanes of at least 4 members (excludes halogenated alkanes) is 34. The van der Waals surface area contributed by atoms with Crippen molar-refractivity contribution in [2.45, 2.75) is 347 Å². The maximum Gasteiger partial charge on any atom is 0.472 e. The monoisotopic (exact) mass is 1410 g/mol. The van der Waals surface area contributed by atoms with E-state index in [1.807, 2.05) is 0 Å². The van der Waals surface area contributed by atoms with Gasteiger partial charge in [-0.1, -0.05) is 311 Å². The number of carbonyl (C=O) groups is 3. The van der Waals surface area contributed by atoms with Crippen LogP contribution in [0.15, 0.2) is 97.2 Å². The van der Waals surface area contributed by atoms with Gasteiger partial charge in [0.15, 0.2) is 6.10 Å². The highest BCUT2D eigenvalue weighted by molar-refractivity contribution is 7.47. The molecule has 0 aliphatic rings. The van der Waals surface area contributed by atoms with E-state index >= 15 is 0 Å². The molecule has 562 valence electrons. The van der Waals surface area contributed by atoms with Crippen LogP contribution in [0, 0.1) is 0 Å². The summed E-state index contributed by atoms with van der Waals surface area (Å²) in [6, 6.07) is 0. The van der Waals surface area contributed by atoms with Gasteiger partial charge in [0.25, 0.3) is 0 Å². The maximum absolute atomic E-state index is 12.9. The summed E-state index contributed by atoms with van der Waals surface area (Å²) in [5.41, 5.74) is 0. The lowest BCUT2D eigenvalue weighted by Gasteiger charge is -2.21. The summed E-state index contributed by atoms with van der Waals surface area (Å²) < 4.78 is 61.1. The first kappa shape index (κ1) is 93.5. The van der Waals surface area contributed by atoms with Crippen molar-refractivity contribution in [1.82, 2.24) is 0 Å². The molecular formula is C79H140O16P2. The smallest absolute Gasteiger partial charge is 0.463 e. The van der Waals surface area contributed by atoms with Gasteiger partial charge in [-0.05, 0) is 96.3 Å². The third kappa shape index (κ3) is 73.5. The highest BCUT2D eigenvalue weighted by Gasteiger charge is 2.29. The number of aliphatic hydroxyl groups excluding tert-OH is 2. The Kier molecular flexibility index (Phi) is 69.6. The molecule has 5 atom stereocenters. The molecule has 0 aromatic rings. The molecule has 4 N–H and O–H groups in total.